The van der Waals surface area contributed by atoms with Crippen LogP contribution in [0.5, 0.6) is 0 Å². The van der Waals surface area contributed by atoms with E-state index in [1.165, 1.54) is 6.33 Å². The predicted octanol–water partition coefficient (Wildman–Crippen LogP) is 1.15. The first-order valence-corrected chi connectivity index (χ1v) is 5.33. The van der Waals surface area contributed by atoms with Crippen LogP contribution in [-0.2, 0) is 4.74 Å². The van der Waals surface area contributed by atoms with Crippen molar-refractivity contribution >= 4 is 0 Å². The minimum atomic E-state index is 0.0119. The summed E-state index contributed by atoms with van der Waals surface area (Å²) in [5.74, 6) is 1.77. The van der Waals surface area contributed by atoms with Gasteiger partial charge in [0.05, 0.1) is 6.61 Å². The number of rotatable bonds is 4. The molecule has 0 bridgehead atoms. The number of hydrogen-bond acceptors (Lipinski definition) is 4. The van der Waals surface area contributed by atoms with Gasteiger partial charge in [-0.25, -0.2) is 4.98 Å². The first kappa shape index (κ1) is 10.2. The third kappa shape index (κ3) is 2.36. The lowest BCUT2D eigenvalue weighted by Crippen LogP contribution is -2.26. The molecule has 0 saturated carbocycles. The van der Waals surface area contributed by atoms with Crippen molar-refractivity contribution in [3.63, 3.8) is 0 Å². The Morgan fingerprint density at radius 1 is 1.67 bits per heavy atom. The number of hydrogen-bond donors (Lipinski definition) is 2. The van der Waals surface area contributed by atoms with Crippen LogP contribution in [0.15, 0.2) is 18.2 Å². The summed E-state index contributed by atoms with van der Waals surface area (Å²) in [7, 11) is 0. The van der Waals surface area contributed by atoms with E-state index in [0.29, 0.717) is 0 Å². The van der Waals surface area contributed by atoms with Crippen LogP contribution in [0.2, 0.25) is 0 Å². The summed E-state index contributed by atoms with van der Waals surface area (Å²) >= 11 is 0. The molecule has 0 aromatic carbocycles. The highest BCUT2D eigenvalue weighted by atomic mass is 16.5. The van der Waals surface area contributed by atoms with Crippen molar-refractivity contribution in [1.82, 2.24) is 20.5 Å². The summed E-state index contributed by atoms with van der Waals surface area (Å²) in [5, 5.41) is 10.1. The first-order chi connectivity index (χ1) is 7.42. The molecule has 5 nitrogen and oxygen atoms in total. The summed E-state index contributed by atoms with van der Waals surface area (Å²) in [6.07, 6.45) is 5.81. The molecule has 0 amide bonds. The Labute approximate surface area is 88.9 Å². The van der Waals surface area contributed by atoms with Gasteiger partial charge < -0.3 is 10.1 Å². The summed E-state index contributed by atoms with van der Waals surface area (Å²) < 4.78 is 5.63. The highest BCUT2D eigenvalue weighted by Crippen LogP contribution is 2.23. The summed E-state index contributed by atoms with van der Waals surface area (Å²) in [6.45, 7) is 3.72. The molecule has 0 fully saturated rings. The number of likely N-dealkylation sites (N-methyl/N-ethyl adjacent to an activating group) is 1. The molecule has 1 aliphatic rings. The van der Waals surface area contributed by atoms with E-state index in [2.05, 4.69) is 33.5 Å². The van der Waals surface area contributed by atoms with Crippen LogP contribution in [-0.4, -0.2) is 28.3 Å². The Hall–Kier alpha value is -1.36. The molecule has 1 atom stereocenters. The largest absolute Gasteiger partial charge is 0.496 e. The van der Waals surface area contributed by atoms with Gasteiger partial charge in [-0.05, 0) is 25.5 Å². The number of aromatic nitrogens is 3. The van der Waals surface area contributed by atoms with E-state index in [0.717, 1.165) is 37.6 Å². The topological polar surface area (TPSA) is 62.8 Å². The van der Waals surface area contributed by atoms with Crippen molar-refractivity contribution in [3.05, 3.63) is 24.0 Å². The van der Waals surface area contributed by atoms with Crippen molar-refractivity contribution in [2.24, 2.45) is 0 Å². The maximum atomic E-state index is 5.63. The Bertz CT molecular complexity index is 320. The second-order valence-electron chi connectivity index (χ2n) is 3.46. The van der Waals surface area contributed by atoms with Crippen molar-refractivity contribution in [1.29, 1.82) is 0 Å². The van der Waals surface area contributed by atoms with Gasteiger partial charge in [0, 0.05) is 0 Å². The van der Waals surface area contributed by atoms with E-state index >= 15 is 0 Å². The molecule has 0 radical (unpaired) electrons. The molecule has 1 unspecified atom stereocenters. The lowest BCUT2D eigenvalue weighted by molar-refractivity contribution is 0.166. The molecule has 0 saturated heterocycles. The van der Waals surface area contributed by atoms with E-state index < -0.39 is 0 Å². The predicted molar refractivity (Wildman–Crippen MR) is 56.1 cm³/mol. The van der Waals surface area contributed by atoms with Gasteiger partial charge in [0.25, 0.3) is 0 Å². The number of allylic oxidation sites excluding steroid dienone is 1. The van der Waals surface area contributed by atoms with Crippen LogP contribution in [0.3, 0.4) is 0 Å². The fraction of sp³-hybridized carbons (Fsp3) is 0.600. The Balaban J connectivity index is 2.15. The minimum absolute atomic E-state index is 0.0119. The molecule has 0 aliphatic carbocycles. The first-order valence-electron chi connectivity index (χ1n) is 5.33. The van der Waals surface area contributed by atoms with Crippen LogP contribution in [0.25, 0.3) is 0 Å². The fourth-order valence-corrected chi connectivity index (χ4v) is 1.67. The number of H-pyrrole nitrogens is 1. The third-order valence-corrected chi connectivity index (χ3v) is 2.36. The van der Waals surface area contributed by atoms with Gasteiger partial charge in [-0.1, -0.05) is 6.92 Å². The van der Waals surface area contributed by atoms with Crippen LogP contribution in [0.4, 0.5) is 0 Å². The Morgan fingerprint density at radius 3 is 3.20 bits per heavy atom. The maximum absolute atomic E-state index is 5.63. The van der Waals surface area contributed by atoms with Crippen molar-refractivity contribution in [3.8, 4) is 0 Å². The lowest BCUT2D eigenvalue weighted by atomic mass is 10.1. The average Bonchev–Trinajstić information content (AvgIpc) is 2.80. The normalized spacial score (nSPS) is 18.1. The van der Waals surface area contributed by atoms with Crippen LogP contribution in [0, 0.1) is 0 Å². The number of nitrogens with one attached hydrogen (secondary N) is 2. The second kappa shape index (κ2) is 4.93. The molecule has 2 N–H and O–H groups in total. The van der Waals surface area contributed by atoms with Gasteiger partial charge in [-0.2, -0.15) is 5.10 Å². The third-order valence-electron chi connectivity index (χ3n) is 2.36. The average molecular weight is 208 g/mol. The molecule has 82 valence electrons. The standard InChI is InChI=1S/C10H16N4O/c1-2-11-9(10-12-7-13-14-10)8-5-3-4-6-15-8/h5,7,9,11H,2-4,6H2,1H3,(H,12,13,14). The van der Waals surface area contributed by atoms with E-state index in [-0.39, 0.29) is 6.04 Å². The van der Waals surface area contributed by atoms with Crippen molar-refractivity contribution in [2.75, 3.05) is 13.2 Å². The zero-order valence-corrected chi connectivity index (χ0v) is 8.86. The quantitative estimate of drug-likeness (QED) is 0.779. The molecule has 0 spiro atoms. The van der Waals surface area contributed by atoms with E-state index in [1.54, 1.807) is 0 Å². The van der Waals surface area contributed by atoms with Gasteiger partial charge >= 0.3 is 0 Å². The minimum Gasteiger partial charge on any atom is -0.496 e. The van der Waals surface area contributed by atoms with Crippen LogP contribution in [0.1, 0.15) is 31.6 Å². The SMILES string of the molecule is CCNC(C1=CCCCO1)c1ncn[nH]1. The van der Waals surface area contributed by atoms with Gasteiger partial charge in [0.15, 0.2) is 0 Å². The zero-order valence-electron chi connectivity index (χ0n) is 8.86. The number of ether oxygens (including phenoxy) is 1. The van der Waals surface area contributed by atoms with E-state index in [1.807, 2.05) is 0 Å². The highest BCUT2D eigenvalue weighted by molar-refractivity contribution is 5.12. The molecule has 2 rings (SSSR count). The second-order valence-corrected chi connectivity index (χ2v) is 3.46. The smallest absolute Gasteiger partial charge is 0.149 e. The van der Waals surface area contributed by atoms with Gasteiger partial charge in [0.2, 0.25) is 0 Å². The van der Waals surface area contributed by atoms with Gasteiger partial charge in [-0.15, -0.1) is 0 Å². The fourth-order valence-electron chi connectivity index (χ4n) is 1.67. The Morgan fingerprint density at radius 2 is 2.60 bits per heavy atom. The highest BCUT2D eigenvalue weighted by Gasteiger charge is 2.21. The molecular formula is C10H16N4O. The van der Waals surface area contributed by atoms with Crippen molar-refractivity contribution in [2.45, 2.75) is 25.8 Å². The lowest BCUT2D eigenvalue weighted by Gasteiger charge is -2.22. The summed E-state index contributed by atoms with van der Waals surface area (Å²) in [5.41, 5.74) is 0. The van der Waals surface area contributed by atoms with E-state index in [4.69, 9.17) is 4.74 Å². The van der Waals surface area contributed by atoms with Crippen molar-refractivity contribution < 1.29 is 4.74 Å². The number of nitrogens with zero attached hydrogens (tertiary/aromatic N) is 2. The van der Waals surface area contributed by atoms with Crippen LogP contribution < -0.4 is 5.32 Å². The molecule has 1 aromatic rings. The van der Waals surface area contributed by atoms with Gasteiger partial charge in [0.1, 0.15) is 24.0 Å². The molecular weight excluding hydrogens is 192 g/mol. The number of aromatic amines is 1. The maximum Gasteiger partial charge on any atom is 0.149 e. The molecule has 1 aromatic heterocycles. The summed E-state index contributed by atoms with van der Waals surface area (Å²) in [6, 6.07) is 0.0119. The monoisotopic (exact) mass is 208 g/mol. The molecule has 1 aliphatic heterocycles. The molecule has 2 heterocycles. The van der Waals surface area contributed by atoms with Crippen LogP contribution >= 0.6 is 0 Å². The molecule has 5 heteroatoms. The summed E-state index contributed by atoms with van der Waals surface area (Å²) in [4.78, 5) is 4.16. The molecule has 15 heavy (non-hydrogen) atoms. The Kier molecular flexibility index (Phi) is 3.34. The van der Waals surface area contributed by atoms with Gasteiger partial charge in [-0.3, -0.25) is 5.10 Å². The zero-order chi connectivity index (χ0) is 10.5. The van der Waals surface area contributed by atoms with E-state index in [9.17, 15) is 0 Å².